The van der Waals surface area contributed by atoms with Crippen molar-refractivity contribution in [3.63, 3.8) is 0 Å². The van der Waals surface area contributed by atoms with Crippen molar-refractivity contribution in [1.82, 2.24) is 10.2 Å². The van der Waals surface area contributed by atoms with Crippen molar-refractivity contribution < 1.29 is 4.39 Å². The predicted octanol–water partition coefficient (Wildman–Crippen LogP) is 3.10. The molecule has 2 rings (SSSR count). The molecule has 1 heterocycles. The summed E-state index contributed by atoms with van der Waals surface area (Å²) in [5.41, 5.74) is 2.30. The molecule has 1 aliphatic heterocycles. The normalized spacial score (nSPS) is 24.6. The van der Waals surface area contributed by atoms with Crippen molar-refractivity contribution in [2.24, 2.45) is 0 Å². The maximum atomic E-state index is 13.2. The van der Waals surface area contributed by atoms with Crippen molar-refractivity contribution in [2.75, 3.05) is 13.1 Å². The van der Waals surface area contributed by atoms with Gasteiger partial charge in [-0.2, -0.15) is 0 Å². The van der Waals surface area contributed by atoms with E-state index in [2.05, 4.69) is 24.1 Å². The molecule has 106 valence electrons. The molecule has 0 spiro atoms. The summed E-state index contributed by atoms with van der Waals surface area (Å²) in [6.45, 7) is 9.53. The smallest absolute Gasteiger partial charge is 0.123 e. The number of halogens is 1. The fourth-order valence-electron chi connectivity index (χ4n) is 2.90. The molecule has 2 nitrogen and oxygen atoms in total. The number of piperazine rings is 1. The second-order valence-corrected chi connectivity index (χ2v) is 5.75. The lowest BCUT2D eigenvalue weighted by Crippen LogP contribution is -2.54. The van der Waals surface area contributed by atoms with Gasteiger partial charge in [0.2, 0.25) is 0 Å². The monoisotopic (exact) mass is 264 g/mol. The molecule has 1 N–H and O–H groups in total. The number of rotatable bonds is 4. The number of hydrogen-bond acceptors (Lipinski definition) is 2. The minimum atomic E-state index is -0.139. The van der Waals surface area contributed by atoms with Gasteiger partial charge in [-0.1, -0.05) is 19.4 Å². The Hall–Kier alpha value is -0.930. The molecule has 2 atom stereocenters. The number of benzene rings is 1. The summed E-state index contributed by atoms with van der Waals surface area (Å²) in [4.78, 5) is 2.55. The van der Waals surface area contributed by atoms with E-state index in [1.54, 1.807) is 12.1 Å². The zero-order valence-corrected chi connectivity index (χ0v) is 12.2. The molecule has 2 unspecified atom stereocenters. The average Bonchev–Trinajstić information content (AvgIpc) is 2.36. The highest BCUT2D eigenvalue weighted by molar-refractivity contribution is 5.26. The maximum absolute atomic E-state index is 13.2. The fraction of sp³-hybridized carbons (Fsp3) is 0.625. The summed E-state index contributed by atoms with van der Waals surface area (Å²) < 4.78 is 13.2. The van der Waals surface area contributed by atoms with Crippen LogP contribution in [0.4, 0.5) is 4.39 Å². The van der Waals surface area contributed by atoms with Crippen LogP contribution in [0.1, 0.15) is 37.8 Å². The zero-order chi connectivity index (χ0) is 13.8. The standard InChI is InChI=1S/C16H25FN2/c1-4-5-16-9-18-13(3)10-19(16)11-14-6-7-15(17)8-12(14)2/h6-8,13,16,18H,4-5,9-11H2,1-3H3. The average molecular weight is 264 g/mol. The lowest BCUT2D eigenvalue weighted by Gasteiger charge is -2.39. The molecule has 1 aliphatic rings. The number of nitrogens with zero attached hydrogens (tertiary/aromatic N) is 1. The molecule has 3 heteroatoms. The lowest BCUT2D eigenvalue weighted by atomic mass is 10.0. The minimum Gasteiger partial charge on any atom is -0.311 e. The Morgan fingerprint density at radius 3 is 2.89 bits per heavy atom. The zero-order valence-electron chi connectivity index (χ0n) is 12.2. The molecule has 0 bridgehead atoms. The molecule has 0 aromatic heterocycles. The first-order valence-corrected chi connectivity index (χ1v) is 7.32. The van der Waals surface area contributed by atoms with Gasteiger partial charge in [0, 0.05) is 31.7 Å². The van der Waals surface area contributed by atoms with E-state index < -0.39 is 0 Å². The van der Waals surface area contributed by atoms with E-state index in [-0.39, 0.29) is 5.82 Å². The molecular weight excluding hydrogens is 239 g/mol. The van der Waals surface area contributed by atoms with Crippen LogP contribution in [0.5, 0.6) is 0 Å². The molecule has 0 saturated carbocycles. The Morgan fingerprint density at radius 1 is 1.42 bits per heavy atom. The van der Waals surface area contributed by atoms with Gasteiger partial charge in [-0.25, -0.2) is 4.39 Å². The Balaban J connectivity index is 2.09. The highest BCUT2D eigenvalue weighted by atomic mass is 19.1. The number of hydrogen-bond donors (Lipinski definition) is 1. The summed E-state index contributed by atoms with van der Waals surface area (Å²) in [5.74, 6) is -0.139. The van der Waals surface area contributed by atoms with Gasteiger partial charge < -0.3 is 5.32 Å². The first-order chi connectivity index (χ1) is 9.10. The summed E-state index contributed by atoms with van der Waals surface area (Å²) in [6.07, 6.45) is 2.43. The van der Waals surface area contributed by atoms with Gasteiger partial charge in [0.05, 0.1) is 0 Å². The van der Waals surface area contributed by atoms with E-state index in [1.165, 1.54) is 18.4 Å². The van der Waals surface area contributed by atoms with E-state index in [0.717, 1.165) is 25.2 Å². The van der Waals surface area contributed by atoms with Crippen LogP contribution in [0.15, 0.2) is 18.2 Å². The van der Waals surface area contributed by atoms with Gasteiger partial charge in [-0.3, -0.25) is 4.90 Å². The van der Waals surface area contributed by atoms with Crippen molar-refractivity contribution >= 4 is 0 Å². The van der Waals surface area contributed by atoms with Gasteiger partial charge in [0.15, 0.2) is 0 Å². The van der Waals surface area contributed by atoms with E-state index >= 15 is 0 Å². The first kappa shape index (κ1) is 14.5. The second-order valence-electron chi connectivity index (χ2n) is 5.75. The number of aryl methyl sites for hydroxylation is 1. The Bertz CT molecular complexity index is 419. The van der Waals surface area contributed by atoms with Gasteiger partial charge >= 0.3 is 0 Å². The summed E-state index contributed by atoms with van der Waals surface area (Å²) >= 11 is 0. The molecule has 0 radical (unpaired) electrons. The predicted molar refractivity (Wildman–Crippen MR) is 77.7 cm³/mol. The molecule has 1 saturated heterocycles. The Kier molecular flexibility index (Phi) is 4.94. The van der Waals surface area contributed by atoms with Crippen molar-refractivity contribution in [1.29, 1.82) is 0 Å². The van der Waals surface area contributed by atoms with Gasteiger partial charge in [-0.05, 0) is 43.5 Å². The van der Waals surface area contributed by atoms with Gasteiger partial charge in [0.1, 0.15) is 5.82 Å². The largest absolute Gasteiger partial charge is 0.311 e. The maximum Gasteiger partial charge on any atom is 0.123 e. The van der Waals surface area contributed by atoms with Crippen molar-refractivity contribution in [3.8, 4) is 0 Å². The third-order valence-electron chi connectivity index (χ3n) is 4.03. The highest BCUT2D eigenvalue weighted by Gasteiger charge is 2.25. The van der Waals surface area contributed by atoms with E-state index in [4.69, 9.17) is 0 Å². The first-order valence-electron chi connectivity index (χ1n) is 7.32. The van der Waals surface area contributed by atoms with Crippen LogP contribution in [0, 0.1) is 12.7 Å². The molecule has 1 aromatic carbocycles. The molecule has 0 aliphatic carbocycles. The Labute approximate surface area is 116 Å². The van der Waals surface area contributed by atoms with Crippen LogP contribution in [-0.2, 0) is 6.54 Å². The summed E-state index contributed by atoms with van der Waals surface area (Å²) in [7, 11) is 0. The fourth-order valence-corrected chi connectivity index (χ4v) is 2.90. The SMILES string of the molecule is CCCC1CNC(C)CN1Cc1ccc(F)cc1C. The minimum absolute atomic E-state index is 0.139. The van der Waals surface area contributed by atoms with Crippen LogP contribution < -0.4 is 5.32 Å². The number of nitrogens with one attached hydrogen (secondary N) is 1. The van der Waals surface area contributed by atoms with Gasteiger partial charge in [0.25, 0.3) is 0 Å². The molecular formula is C16H25FN2. The van der Waals surface area contributed by atoms with Crippen LogP contribution in [-0.4, -0.2) is 30.1 Å². The molecule has 1 fully saturated rings. The quantitative estimate of drug-likeness (QED) is 0.899. The van der Waals surface area contributed by atoms with E-state index in [1.807, 2.05) is 13.0 Å². The molecule has 1 aromatic rings. The Morgan fingerprint density at radius 2 is 2.21 bits per heavy atom. The second kappa shape index (κ2) is 6.49. The third kappa shape index (κ3) is 3.77. The van der Waals surface area contributed by atoms with Gasteiger partial charge in [-0.15, -0.1) is 0 Å². The highest BCUT2D eigenvalue weighted by Crippen LogP contribution is 2.18. The topological polar surface area (TPSA) is 15.3 Å². The summed E-state index contributed by atoms with van der Waals surface area (Å²) in [6, 6.07) is 6.28. The van der Waals surface area contributed by atoms with Crippen molar-refractivity contribution in [2.45, 2.75) is 52.2 Å². The van der Waals surface area contributed by atoms with Crippen LogP contribution in [0.25, 0.3) is 0 Å². The van der Waals surface area contributed by atoms with Crippen LogP contribution >= 0.6 is 0 Å². The van der Waals surface area contributed by atoms with Crippen LogP contribution in [0.3, 0.4) is 0 Å². The van der Waals surface area contributed by atoms with Crippen molar-refractivity contribution in [3.05, 3.63) is 35.1 Å². The van der Waals surface area contributed by atoms with Crippen LogP contribution in [0.2, 0.25) is 0 Å². The summed E-state index contributed by atoms with van der Waals surface area (Å²) in [5, 5.41) is 3.55. The van der Waals surface area contributed by atoms with E-state index in [0.29, 0.717) is 12.1 Å². The van der Waals surface area contributed by atoms with E-state index in [9.17, 15) is 4.39 Å². The molecule has 19 heavy (non-hydrogen) atoms. The molecule has 0 amide bonds. The third-order valence-corrected chi connectivity index (χ3v) is 4.03. The lowest BCUT2D eigenvalue weighted by molar-refractivity contribution is 0.120.